The average molecular weight is 311 g/mol. The van der Waals surface area contributed by atoms with Crippen LogP contribution >= 0.6 is 0 Å². The van der Waals surface area contributed by atoms with Gasteiger partial charge in [0.05, 0.1) is 11.4 Å². The Morgan fingerprint density at radius 3 is 2.74 bits per heavy atom. The maximum absolute atomic E-state index is 5.44. The molecular weight excluding hydrogens is 294 g/mol. The van der Waals surface area contributed by atoms with Gasteiger partial charge in [0.2, 0.25) is 6.79 Å². The van der Waals surface area contributed by atoms with Crippen LogP contribution < -0.4 is 9.47 Å². The molecule has 3 heterocycles. The Kier molecular flexibility index (Phi) is 3.07. The summed E-state index contributed by atoms with van der Waals surface area (Å²) in [4.78, 5) is 4.43. The topological polar surface area (TPSA) is 67.0 Å². The van der Waals surface area contributed by atoms with E-state index in [1.807, 2.05) is 41.4 Å². The summed E-state index contributed by atoms with van der Waals surface area (Å²) < 4.78 is 14.6. The smallest absolute Gasteiger partial charge is 0.231 e. The highest BCUT2D eigenvalue weighted by Gasteiger charge is 2.20. The second kappa shape index (κ2) is 5.12. The summed E-state index contributed by atoms with van der Waals surface area (Å²) in [5, 5.41) is 8.91. The molecule has 0 aliphatic carbocycles. The maximum Gasteiger partial charge on any atom is 0.231 e. The zero-order valence-electron chi connectivity index (χ0n) is 13.2. The van der Waals surface area contributed by atoms with Crippen LogP contribution in [0.5, 0.6) is 11.5 Å². The van der Waals surface area contributed by atoms with Crippen LogP contribution in [0.2, 0.25) is 0 Å². The number of nitrogens with zero attached hydrogens (tertiary/aromatic N) is 5. The fraction of sp³-hybridized carbons (Fsp3) is 0.312. The van der Waals surface area contributed by atoms with Crippen LogP contribution in [-0.4, -0.2) is 31.3 Å². The molecule has 3 aromatic rings. The lowest BCUT2D eigenvalue weighted by Gasteiger charge is -2.15. The largest absolute Gasteiger partial charge is 0.454 e. The Bertz CT molecular complexity index is 867. The second-order valence-corrected chi connectivity index (χ2v) is 5.62. The zero-order chi connectivity index (χ0) is 16.0. The SMILES string of the molecule is Cc1cc(C)n([C@H](C)c2ncnn2-c2ccc3c(c2)OCO3)n1. The molecule has 2 aromatic heterocycles. The van der Waals surface area contributed by atoms with Gasteiger partial charge >= 0.3 is 0 Å². The minimum Gasteiger partial charge on any atom is -0.454 e. The molecule has 1 aromatic carbocycles. The van der Waals surface area contributed by atoms with Crippen molar-refractivity contribution in [2.75, 3.05) is 6.79 Å². The first-order valence-corrected chi connectivity index (χ1v) is 7.46. The van der Waals surface area contributed by atoms with Crippen LogP contribution in [0.4, 0.5) is 0 Å². The predicted molar refractivity (Wildman–Crippen MR) is 83.0 cm³/mol. The summed E-state index contributed by atoms with van der Waals surface area (Å²) >= 11 is 0. The molecule has 23 heavy (non-hydrogen) atoms. The summed E-state index contributed by atoms with van der Waals surface area (Å²) in [5.41, 5.74) is 2.97. The molecule has 7 heteroatoms. The summed E-state index contributed by atoms with van der Waals surface area (Å²) in [6.07, 6.45) is 1.56. The summed E-state index contributed by atoms with van der Waals surface area (Å²) in [5.74, 6) is 2.29. The predicted octanol–water partition coefficient (Wildman–Crippen LogP) is 2.42. The van der Waals surface area contributed by atoms with Crippen molar-refractivity contribution in [3.63, 3.8) is 0 Å². The lowest BCUT2D eigenvalue weighted by Crippen LogP contribution is -2.16. The van der Waals surface area contributed by atoms with Crippen LogP contribution in [0.25, 0.3) is 5.69 Å². The van der Waals surface area contributed by atoms with Gasteiger partial charge < -0.3 is 9.47 Å². The molecule has 0 unspecified atom stereocenters. The highest BCUT2D eigenvalue weighted by Crippen LogP contribution is 2.34. The van der Waals surface area contributed by atoms with Gasteiger partial charge in [0.1, 0.15) is 12.4 Å². The van der Waals surface area contributed by atoms with Crippen LogP contribution in [0, 0.1) is 13.8 Å². The standard InChI is InChI=1S/C16H17N5O2/c1-10-6-11(2)20(19-10)12(3)16-17-8-18-21(16)13-4-5-14-15(7-13)23-9-22-14/h4-8,12H,9H2,1-3H3/t12-/m1/s1. The van der Waals surface area contributed by atoms with Gasteiger partial charge in [-0.3, -0.25) is 4.68 Å². The monoisotopic (exact) mass is 311 g/mol. The minimum absolute atomic E-state index is 0.0309. The molecule has 0 spiro atoms. The van der Waals surface area contributed by atoms with Crippen molar-refractivity contribution >= 4 is 0 Å². The van der Waals surface area contributed by atoms with Gasteiger partial charge in [-0.1, -0.05) is 0 Å². The van der Waals surface area contributed by atoms with E-state index in [-0.39, 0.29) is 12.8 Å². The summed E-state index contributed by atoms with van der Waals surface area (Å²) in [6.45, 7) is 6.34. The average Bonchev–Trinajstić information content (AvgIpc) is 3.24. The molecule has 118 valence electrons. The lowest BCUT2D eigenvalue weighted by molar-refractivity contribution is 0.174. The Hall–Kier alpha value is -2.83. The number of aromatic nitrogens is 5. The Morgan fingerprint density at radius 2 is 1.96 bits per heavy atom. The molecule has 4 rings (SSSR count). The van der Waals surface area contributed by atoms with Crippen molar-refractivity contribution in [3.8, 4) is 17.2 Å². The molecule has 0 bridgehead atoms. The fourth-order valence-electron chi connectivity index (χ4n) is 2.90. The molecule has 0 saturated carbocycles. The molecule has 0 fully saturated rings. The highest BCUT2D eigenvalue weighted by atomic mass is 16.7. The molecule has 1 atom stereocenters. The van der Waals surface area contributed by atoms with Gasteiger partial charge in [0, 0.05) is 11.8 Å². The van der Waals surface area contributed by atoms with E-state index in [2.05, 4.69) is 28.2 Å². The van der Waals surface area contributed by atoms with E-state index in [4.69, 9.17) is 9.47 Å². The quantitative estimate of drug-likeness (QED) is 0.743. The van der Waals surface area contributed by atoms with Crippen molar-refractivity contribution in [2.45, 2.75) is 26.8 Å². The Morgan fingerprint density at radius 1 is 1.13 bits per heavy atom. The van der Waals surface area contributed by atoms with Crippen molar-refractivity contribution < 1.29 is 9.47 Å². The molecule has 1 aliphatic heterocycles. The number of fused-ring (bicyclic) bond motifs is 1. The van der Waals surface area contributed by atoms with Gasteiger partial charge in [-0.15, -0.1) is 0 Å². The lowest BCUT2D eigenvalue weighted by atomic mass is 10.2. The first kappa shape index (κ1) is 13.8. The van der Waals surface area contributed by atoms with Crippen LogP contribution in [0.1, 0.15) is 30.2 Å². The molecule has 0 radical (unpaired) electrons. The van der Waals surface area contributed by atoms with E-state index in [0.29, 0.717) is 0 Å². The van der Waals surface area contributed by atoms with Gasteiger partial charge in [-0.2, -0.15) is 10.2 Å². The molecule has 0 amide bonds. The van der Waals surface area contributed by atoms with Crippen molar-refractivity contribution in [1.82, 2.24) is 24.5 Å². The van der Waals surface area contributed by atoms with E-state index in [1.165, 1.54) is 0 Å². The van der Waals surface area contributed by atoms with E-state index < -0.39 is 0 Å². The van der Waals surface area contributed by atoms with E-state index in [1.54, 1.807) is 6.33 Å². The first-order valence-electron chi connectivity index (χ1n) is 7.46. The number of hydrogen-bond acceptors (Lipinski definition) is 5. The summed E-state index contributed by atoms with van der Waals surface area (Å²) in [7, 11) is 0. The molecule has 0 saturated heterocycles. The first-order chi connectivity index (χ1) is 11.1. The van der Waals surface area contributed by atoms with Crippen molar-refractivity contribution in [1.29, 1.82) is 0 Å². The zero-order valence-corrected chi connectivity index (χ0v) is 13.2. The minimum atomic E-state index is -0.0309. The molecule has 0 N–H and O–H groups in total. The third kappa shape index (κ3) is 2.25. The second-order valence-electron chi connectivity index (χ2n) is 5.62. The number of hydrogen-bond donors (Lipinski definition) is 0. The normalized spacial score (nSPS) is 14.2. The molecule has 7 nitrogen and oxygen atoms in total. The Balaban J connectivity index is 1.75. The third-order valence-electron chi connectivity index (χ3n) is 3.96. The van der Waals surface area contributed by atoms with E-state index in [0.717, 1.165) is 34.4 Å². The Labute approximate surface area is 133 Å². The van der Waals surface area contributed by atoms with E-state index >= 15 is 0 Å². The highest BCUT2D eigenvalue weighted by molar-refractivity contribution is 5.50. The maximum atomic E-state index is 5.44. The van der Waals surface area contributed by atoms with Crippen LogP contribution in [-0.2, 0) is 0 Å². The van der Waals surface area contributed by atoms with Gasteiger partial charge in [0.25, 0.3) is 0 Å². The number of aryl methyl sites for hydroxylation is 2. The summed E-state index contributed by atoms with van der Waals surface area (Å²) in [6, 6.07) is 7.76. The molecule has 1 aliphatic rings. The number of benzene rings is 1. The van der Waals surface area contributed by atoms with Crippen molar-refractivity contribution in [2.24, 2.45) is 0 Å². The van der Waals surface area contributed by atoms with Crippen LogP contribution in [0.15, 0.2) is 30.6 Å². The van der Waals surface area contributed by atoms with Gasteiger partial charge in [0.15, 0.2) is 17.3 Å². The number of ether oxygens (including phenoxy) is 2. The van der Waals surface area contributed by atoms with Crippen LogP contribution in [0.3, 0.4) is 0 Å². The van der Waals surface area contributed by atoms with E-state index in [9.17, 15) is 0 Å². The van der Waals surface area contributed by atoms with Gasteiger partial charge in [-0.05, 0) is 39.0 Å². The van der Waals surface area contributed by atoms with Crippen molar-refractivity contribution in [3.05, 3.63) is 47.8 Å². The third-order valence-corrected chi connectivity index (χ3v) is 3.96. The fourth-order valence-corrected chi connectivity index (χ4v) is 2.90. The van der Waals surface area contributed by atoms with Gasteiger partial charge in [-0.25, -0.2) is 9.67 Å². The molecular formula is C16H17N5O2. The number of rotatable bonds is 3.